The maximum Gasteiger partial charge on any atom is 0.0951 e. The zero-order chi connectivity index (χ0) is 12.1. The number of hydrogen-bond donors (Lipinski definition) is 1. The maximum absolute atomic E-state index is 4.24. The third kappa shape index (κ3) is 4.15. The lowest BCUT2D eigenvalue weighted by Gasteiger charge is -2.08. The summed E-state index contributed by atoms with van der Waals surface area (Å²) in [5, 5.41) is 3.52. The van der Waals surface area contributed by atoms with Crippen LogP contribution in [0, 0.1) is 5.92 Å². The predicted octanol–water partition coefficient (Wildman–Crippen LogP) is 3.13. The van der Waals surface area contributed by atoms with E-state index in [1.807, 2.05) is 12.5 Å². The van der Waals surface area contributed by atoms with Crippen molar-refractivity contribution in [1.82, 2.24) is 14.9 Å². The average molecular weight is 235 g/mol. The molecule has 3 heteroatoms. The monoisotopic (exact) mass is 235 g/mol. The van der Waals surface area contributed by atoms with Gasteiger partial charge >= 0.3 is 0 Å². The fraction of sp³-hybridized carbons (Fsp3) is 0.786. The minimum atomic E-state index is 0.746. The van der Waals surface area contributed by atoms with Crippen molar-refractivity contribution in [1.29, 1.82) is 0 Å². The van der Waals surface area contributed by atoms with E-state index in [1.165, 1.54) is 37.8 Å². The predicted molar refractivity (Wildman–Crippen MR) is 70.9 cm³/mol. The molecule has 0 atom stereocenters. The minimum Gasteiger partial charge on any atom is -0.330 e. The SMILES string of the molecule is CC(C)CCCCNCc1cncn1C1CC1. The molecule has 1 heterocycles. The summed E-state index contributed by atoms with van der Waals surface area (Å²) in [5.41, 5.74) is 1.34. The Morgan fingerprint density at radius 2 is 2.24 bits per heavy atom. The molecule has 1 N–H and O–H groups in total. The van der Waals surface area contributed by atoms with Gasteiger partial charge in [0.25, 0.3) is 0 Å². The Labute approximate surface area is 105 Å². The molecule has 1 saturated carbocycles. The molecule has 1 aliphatic rings. The molecule has 17 heavy (non-hydrogen) atoms. The fourth-order valence-electron chi connectivity index (χ4n) is 2.17. The highest BCUT2D eigenvalue weighted by Gasteiger charge is 2.24. The summed E-state index contributed by atoms with van der Waals surface area (Å²) in [6, 6.07) is 0.746. The molecule has 0 aliphatic heterocycles. The van der Waals surface area contributed by atoms with E-state index in [0.29, 0.717) is 0 Å². The summed E-state index contributed by atoms with van der Waals surface area (Å²) in [6.45, 7) is 6.68. The zero-order valence-electron chi connectivity index (χ0n) is 11.2. The Hall–Kier alpha value is -0.830. The van der Waals surface area contributed by atoms with Gasteiger partial charge in [0.05, 0.1) is 12.0 Å². The standard InChI is InChI=1S/C14H25N3/c1-12(2)5-3-4-8-15-9-14-10-16-11-17(14)13-6-7-13/h10-13,15H,3-9H2,1-2H3. The summed E-state index contributed by atoms with van der Waals surface area (Å²) in [6.07, 6.45) is 10.6. The number of nitrogens with one attached hydrogen (secondary N) is 1. The van der Waals surface area contributed by atoms with Gasteiger partial charge in [0.1, 0.15) is 0 Å². The highest BCUT2D eigenvalue weighted by Crippen LogP contribution is 2.35. The van der Waals surface area contributed by atoms with Crippen LogP contribution < -0.4 is 5.32 Å². The van der Waals surface area contributed by atoms with Crippen molar-refractivity contribution in [2.75, 3.05) is 6.54 Å². The Kier molecular flexibility index (Phi) is 4.60. The van der Waals surface area contributed by atoms with Gasteiger partial charge in [-0.25, -0.2) is 4.98 Å². The molecule has 0 unspecified atom stereocenters. The molecule has 96 valence electrons. The second-order valence-electron chi connectivity index (χ2n) is 5.59. The van der Waals surface area contributed by atoms with Crippen LogP contribution in [0.4, 0.5) is 0 Å². The van der Waals surface area contributed by atoms with Crippen molar-refractivity contribution >= 4 is 0 Å². The lowest BCUT2D eigenvalue weighted by atomic mass is 10.1. The van der Waals surface area contributed by atoms with Crippen LogP contribution in [0.3, 0.4) is 0 Å². The summed E-state index contributed by atoms with van der Waals surface area (Å²) >= 11 is 0. The van der Waals surface area contributed by atoms with E-state index < -0.39 is 0 Å². The number of aromatic nitrogens is 2. The van der Waals surface area contributed by atoms with Crippen LogP contribution in [0.1, 0.15) is 57.7 Å². The molecule has 0 spiro atoms. The van der Waals surface area contributed by atoms with E-state index >= 15 is 0 Å². The molecule has 0 saturated heterocycles. The quantitative estimate of drug-likeness (QED) is 0.702. The molecule has 1 aromatic rings. The molecule has 0 amide bonds. The van der Waals surface area contributed by atoms with Crippen molar-refractivity contribution in [3.63, 3.8) is 0 Å². The lowest BCUT2D eigenvalue weighted by molar-refractivity contribution is 0.516. The van der Waals surface area contributed by atoms with Crippen molar-refractivity contribution in [2.24, 2.45) is 5.92 Å². The summed E-state index contributed by atoms with van der Waals surface area (Å²) in [7, 11) is 0. The third-order valence-electron chi connectivity index (χ3n) is 3.38. The van der Waals surface area contributed by atoms with E-state index in [9.17, 15) is 0 Å². The van der Waals surface area contributed by atoms with E-state index in [1.54, 1.807) is 0 Å². The van der Waals surface area contributed by atoms with E-state index in [4.69, 9.17) is 0 Å². The highest BCUT2D eigenvalue weighted by atomic mass is 15.1. The number of nitrogens with zero attached hydrogens (tertiary/aromatic N) is 2. The van der Waals surface area contributed by atoms with Gasteiger partial charge in [0.2, 0.25) is 0 Å². The first-order chi connectivity index (χ1) is 8.27. The molecular formula is C14H25N3. The van der Waals surface area contributed by atoms with Crippen LogP contribution in [0.2, 0.25) is 0 Å². The number of unbranched alkanes of at least 4 members (excludes halogenated alkanes) is 1. The average Bonchev–Trinajstić information content (AvgIpc) is 3.03. The van der Waals surface area contributed by atoms with Crippen molar-refractivity contribution in [3.05, 3.63) is 18.2 Å². The largest absolute Gasteiger partial charge is 0.330 e. The van der Waals surface area contributed by atoms with Gasteiger partial charge in [-0.3, -0.25) is 0 Å². The van der Waals surface area contributed by atoms with Crippen molar-refractivity contribution < 1.29 is 0 Å². The van der Waals surface area contributed by atoms with Gasteiger partial charge in [0, 0.05) is 18.8 Å². The first-order valence-electron chi connectivity index (χ1n) is 6.99. The molecule has 0 aromatic carbocycles. The topological polar surface area (TPSA) is 29.9 Å². The van der Waals surface area contributed by atoms with Gasteiger partial charge < -0.3 is 9.88 Å². The number of rotatable bonds is 8. The molecule has 3 nitrogen and oxygen atoms in total. The van der Waals surface area contributed by atoms with Crippen LogP contribution in [-0.4, -0.2) is 16.1 Å². The van der Waals surface area contributed by atoms with Gasteiger partial charge in [-0.2, -0.15) is 0 Å². The molecule has 0 bridgehead atoms. The molecular weight excluding hydrogens is 210 g/mol. The van der Waals surface area contributed by atoms with E-state index in [2.05, 4.69) is 28.7 Å². The lowest BCUT2D eigenvalue weighted by Crippen LogP contribution is -2.17. The maximum atomic E-state index is 4.24. The van der Waals surface area contributed by atoms with Gasteiger partial charge in [-0.1, -0.05) is 26.7 Å². The Bertz CT molecular complexity index is 326. The Balaban J connectivity index is 1.59. The van der Waals surface area contributed by atoms with E-state index in [0.717, 1.165) is 25.0 Å². The summed E-state index contributed by atoms with van der Waals surface area (Å²) < 4.78 is 2.33. The zero-order valence-corrected chi connectivity index (χ0v) is 11.2. The third-order valence-corrected chi connectivity index (χ3v) is 3.38. The number of imidazole rings is 1. The van der Waals surface area contributed by atoms with Crippen LogP contribution >= 0.6 is 0 Å². The first-order valence-corrected chi connectivity index (χ1v) is 6.99. The van der Waals surface area contributed by atoms with Crippen LogP contribution in [0.15, 0.2) is 12.5 Å². The molecule has 2 rings (SSSR count). The molecule has 1 fully saturated rings. The summed E-state index contributed by atoms with van der Waals surface area (Å²) in [4.78, 5) is 4.24. The van der Waals surface area contributed by atoms with Crippen LogP contribution in [0.25, 0.3) is 0 Å². The van der Waals surface area contributed by atoms with Crippen LogP contribution in [0.5, 0.6) is 0 Å². The smallest absolute Gasteiger partial charge is 0.0951 e. The van der Waals surface area contributed by atoms with Crippen LogP contribution in [-0.2, 0) is 6.54 Å². The van der Waals surface area contributed by atoms with E-state index in [-0.39, 0.29) is 0 Å². The van der Waals surface area contributed by atoms with Crippen molar-refractivity contribution in [2.45, 2.75) is 58.5 Å². The highest BCUT2D eigenvalue weighted by molar-refractivity contribution is 5.03. The normalized spacial score (nSPS) is 15.7. The minimum absolute atomic E-state index is 0.746. The Morgan fingerprint density at radius 3 is 2.94 bits per heavy atom. The second kappa shape index (κ2) is 6.20. The van der Waals surface area contributed by atoms with Gasteiger partial charge in [0.15, 0.2) is 0 Å². The first kappa shape index (κ1) is 12.6. The second-order valence-corrected chi connectivity index (χ2v) is 5.59. The fourth-order valence-corrected chi connectivity index (χ4v) is 2.17. The number of hydrogen-bond acceptors (Lipinski definition) is 2. The Morgan fingerprint density at radius 1 is 1.41 bits per heavy atom. The van der Waals surface area contributed by atoms with Gasteiger partial charge in [-0.05, 0) is 31.7 Å². The summed E-state index contributed by atoms with van der Waals surface area (Å²) in [5.74, 6) is 0.839. The molecule has 1 aromatic heterocycles. The molecule has 1 aliphatic carbocycles. The molecule has 0 radical (unpaired) electrons. The van der Waals surface area contributed by atoms with Gasteiger partial charge in [-0.15, -0.1) is 0 Å². The van der Waals surface area contributed by atoms with Crippen molar-refractivity contribution in [3.8, 4) is 0 Å².